The van der Waals surface area contributed by atoms with E-state index in [0.29, 0.717) is 16.3 Å². The molecule has 94 valence electrons. The third-order valence-electron chi connectivity index (χ3n) is 3.21. The highest BCUT2D eigenvalue weighted by molar-refractivity contribution is 6.34. The number of rotatable bonds is 4. The van der Waals surface area contributed by atoms with E-state index in [2.05, 4.69) is 5.32 Å². The van der Waals surface area contributed by atoms with E-state index in [1.54, 1.807) is 18.2 Å². The lowest BCUT2D eigenvalue weighted by Crippen LogP contribution is -2.45. The molecular weight excluding hydrogens is 236 g/mol. The van der Waals surface area contributed by atoms with Crippen molar-refractivity contribution in [2.24, 2.45) is 0 Å². The van der Waals surface area contributed by atoms with Crippen LogP contribution in [0.15, 0.2) is 18.2 Å². The molecule has 0 fully saturated rings. The normalized spacial score (nSPS) is 11.3. The molecule has 0 aromatic heterocycles. The smallest absolute Gasteiger partial charge is 0.253 e. The summed E-state index contributed by atoms with van der Waals surface area (Å²) in [6.45, 7) is 6.11. The lowest BCUT2D eigenvalue weighted by atomic mass is 9.95. The van der Waals surface area contributed by atoms with Gasteiger partial charge in [-0.25, -0.2) is 0 Å². The van der Waals surface area contributed by atoms with Gasteiger partial charge in [-0.15, -0.1) is 0 Å². The molecule has 0 atom stereocenters. The van der Waals surface area contributed by atoms with E-state index in [0.717, 1.165) is 12.8 Å². The number of nitrogens with one attached hydrogen (secondary N) is 1. The molecule has 1 aromatic carbocycles. The topological polar surface area (TPSA) is 55.1 Å². The predicted octanol–water partition coefficient (Wildman–Crippen LogP) is 3.23. The Kier molecular flexibility index (Phi) is 4.40. The van der Waals surface area contributed by atoms with Gasteiger partial charge < -0.3 is 11.1 Å². The number of hydrogen-bond acceptors (Lipinski definition) is 2. The van der Waals surface area contributed by atoms with Crippen molar-refractivity contribution in [1.29, 1.82) is 0 Å². The highest BCUT2D eigenvalue weighted by Crippen LogP contribution is 2.21. The Morgan fingerprint density at radius 3 is 2.53 bits per heavy atom. The second-order valence-electron chi connectivity index (χ2n) is 4.46. The third-order valence-corrected chi connectivity index (χ3v) is 3.54. The number of nitrogens with two attached hydrogens (primary N) is 1. The molecule has 0 aliphatic rings. The standard InChI is InChI=1S/C13H19ClN2O/c1-4-13(3,5-2)16-12(17)10-8-9(15)6-7-11(10)14/h6-8H,4-5,15H2,1-3H3,(H,16,17). The first-order valence-corrected chi connectivity index (χ1v) is 6.17. The summed E-state index contributed by atoms with van der Waals surface area (Å²) in [5, 5.41) is 3.42. The zero-order chi connectivity index (χ0) is 13.1. The predicted molar refractivity (Wildman–Crippen MR) is 72.3 cm³/mol. The van der Waals surface area contributed by atoms with Crippen molar-refractivity contribution in [1.82, 2.24) is 5.32 Å². The molecule has 17 heavy (non-hydrogen) atoms. The molecule has 3 N–H and O–H groups in total. The van der Waals surface area contributed by atoms with Crippen LogP contribution >= 0.6 is 11.6 Å². The first-order valence-electron chi connectivity index (χ1n) is 5.79. The van der Waals surface area contributed by atoms with Crippen molar-refractivity contribution < 1.29 is 4.79 Å². The molecule has 4 heteroatoms. The summed E-state index contributed by atoms with van der Waals surface area (Å²) in [6.07, 6.45) is 1.74. The number of anilines is 1. The Hall–Kier alpha value is -1.22. The van der Waals surface area contributed by atoms with Gasteiger partial charge in [-0.2, -0.15) is 0 Å². The van der Waals surface area contributed by atoms with Crippen LogP contribution in [0.4, 0.5) is 5.69 Å². The third kappa shape index (κ3) is 3.37. The molecular formula is C13H19ClN2O. The highest BCUT2D eigenvalue weighted by atomic mass is 35.5. The van der Waals surface area contributed by atoms with Crippen molar-refractivity contribution in [2.75, 3.05) is 5.73 Å². The summed E-state index contributed by atoms with van der Waals surface area (Å²) in [4.78, 5) is 12.1. The van der Waals surface area contributed by atoms with E-state index >= 15 is 0 Å². The molecule has 3 nitrogen and oxygen atoms in total. The molecule has 0 saturated heterocycles. The van der Waals surface area contributed by atoms with Gasteiger partial charge in [0.25, 0.3) is 5.91 Å². The van der Waals surface area contributed by atoms with E-state index in [9.17, 15) is 4.79 Å². The zero-order valence-corrected chi connectivity index (χ0v) is 11.3. The second-order valence-corrected chi connectivity index (χ2v) is 4.87. The van der Waals surface area contributed by atoms with Crippen molar-refractivity contribution in [3.8, 4) is 0 Å². The van der Waals surface area contributed by atoms with Crippen LogP contribution in [0.5, 0.6) is 0 Å². The van der Waals surface area contributed by atoms with Gasteiger partial charge in [-0.1, -0.05) is 25.4 Å². The Morgan fingerprint density at radius 2 is 2.00 bits per heavy atom. The Labute approximate surface area is 107 Å². The van der Waals surface area contributed by atoms with Crippen LogP contribution in [0.25, 0.3) is 0 Å². The number of nitrogen functional groups attached to an aromatic ring is 1. The first kappa shape index (κ1) is 13.8. The molecule has 0 bridgehead atoms. The van der Waals surface area contributed by atoms with Crippen LogP contribution in [-0.4, -0.2) is 11.4 Å². The van der Waals surface area contributed by atoms with E-state index in [4.69, 9.17) is 17.3 Å². The lowest BCUT2D eigenvalue weighted by Gasteiger charge is -2.28. The summed E-state index contributed by atoms with van der Waals surface area (Å²) in [5.74, 6) is -0.173. The largest absolute Gasteiger partial charge is 0.399 e. The molecule has 0 spiro atoms. The van der Waals surface area contributed by atoms with Gasteiger partial charge in [-0.05, 0) is 38.0 Å². The van der Waals surface area contributed by atoms with E-state index in [-0.39, 0.29) is 11.4 Å². The molecule has 0 heterocycles. The fourth-order valence-corrected chi connectivity index (χ4v) is 1.69. The van der Waals surface area contributed by atoms with Crippen molar-refractivity contribution in [3.63, 3.8) is 0 Å². The van der Waals surface area contributed by atoms with Crippen molar-refractivity contribution in [3.05, 3.63) is 28.8 Å². The first-order chi connectivity index (χ1) is 7.91. The van der Waals surface area contributed by atoms with Crippen LogP contribution in [0.2, 0.25) is 5.02 Å². The van der Waals surface area contributed by atoms with Crippen LogP contribution < -0.4 is 11.1 Å². The summed E-state index contributed by atoms with van der Waals surface area (Å²) < 4.78 is 0. The average molecular weight is 255 g/mol. The fourth-order valence-electron chi connectivity index (χ4n) is 1.49. The molecule has 0 unspecified atom stereocenters. The summed E-state index contributed by atoms with van der Waals surface area (Å²) in [5.41, 5.74) is 6.42. The number of hydrogen-bond donors (Lipinski definition) is 2. The number of carbonyl (C=O) groups is 1. The van der Waals surface area contributed by atoms with Crippen molar-refractivity contribution in [2.45, 2.75) is 39.2 Å². The Morgan fingerprint density at radius 1 is 1.41 bits per heavy atom. The molecule has 0 saturated carbocycles. The molecule has 1 rings (SSSR count). The van der Waals surface area contributed by atoms with Gasteiger partial charge in [-0.3, -0.25) is 4.79 Å². The monoisotopic (exact) mass is 254 g/mol. The minimum absolute atomic E-state index is 0.173. The SMILES string of the molecule is CCC(C)(CC)NC(=O)c1cc(N)ccc1Cl. The fraction of sp³-hybridized carbons (Fsp3) is 0.462. The maximum atomic E-state index is 12.1. The van der Waals surface area contributed by atoms with Gasteiger partial charge in [0.2, 0.25) is 0 Å². The minimum atomic E-state index is -0.203. The Bertz CT molecular complexity index is 414. The van der Waals surface area contributed by atoms with Crippen LogP contribution in [0, 0.1) is 0 Å². The number of carbonyl (C=O) groups excluding carboxylic acids is 1. The summed E-state index contributed by atoms with van der Waals surface area (Å²) in [7, 11) is 0. The van der Waals surface area contributed by atoms with Crippen molar-refractivity contribution >= 4 is 23.2 Å². The zero-order valence-electron chi connectivity index (χ0n) is 10.5. The maximum absolute atomic E-state index is 12.1. The van der Waals surface area contributed by atoms with Gasteiger partial charge in [0.15, 0.2) is 0 Å². The minimum Gasteiger partial charge on any atom is -0.399 e. The maximum Gasteiger partial charge on any atom is 0.253 e. The molecule has 1 amide bonds. The average Bonchev–Trinajstić information content (AvgIpc) is 2.32. The van der Waals surface area contributed by atoms with E-state index < -0.39 is 0 Å². The number of amides is 1. The lowest BCUT2D eigenvalue weighted by molar-refractivity contribution is 0.0901. The number of benzene rings is 1. The van der Waals surface area contributed by atoms with E-state index in [1.165, 1.54) is 0 Å². The second kappa shape index (κ2) is 5.41. The van der Waals surface area contributed by atoms with Gasteiger partial charge in [0.05, 0.1) is 10.6 Å². The van der Waals surface area contributed by atoms with Gasteiger partial charge in [0.1, 0.15) is 0 Å². The van der Waals surface area contributed by atoms with Crippen LogP contribution in [0.3, 0.4) is 0 Å². The quantitative estimate of drug-likeness (QED) is 0.811. The summed E-state index contributed by atoms with van der Waals surface area (Å²) in [6, 6.07) is 4.92. The highest BCUT2D eigenvalue weighted by Gasteiger charge is 2.23. The van der Waals surface area contributed by atoms with Crippen LogP contribution in [-0.2, 0) is 0 Å². The molecule has 0 radical (unpaired) electrons. The summed E-state index contributed by atoms with van der Waals surface area (Å²) >= 11 is 5.99. The van der Waals surface area contributed by atoms with Gasteiger partial charge >= 0.3 is 0 Å². The van der Waals surface area contributed by atoms with Gasteiger partial charge in [0, 0.05) is 11.2 Å². The van der Waals surface area contributed by atoms with E-state index in [1.807, 2.05) is 20.8 Å². The molecule has 0 aliphatic carbocycles. The number of halogens is 1. The molecule has 0 aliphatic heterocycles. The molecule has 1 aromatic rings. The van der Waals surface area contributed by atoms with Crippen LogP contribution in [0.1, 0.15) is 44.0 Å². The Balaban J connectivity index is 2.94.